The number of rotatable bonds is 3. The van der Waals surface area contributed by atoms with Crippen LogP contribution in [0.5, 0.6) is 0 Å². The van der Waals surface area contributed by atoms with Gasteiger partial charge in [-0.2, -0.15) is 0 Å². The number of hydrogen-bond acceptors (Lipinski definition) is 3. The third-order valence-corrected chi connectivity index (χ3v) is 5.44. The fourth-order valence-electron chi connectivity index (χ4n) is 3.58. The highest BCUT2D eigenvalue weighted by molar-refractivity contribution is 9.10. The van der Waals surface area contributed by atoms with Crippen LogP contribution in [-0.4, -0.2) is 18.4 Å². The number of amides is 2. The quantitative estimate of drug-likeness (QED) is 0.802. The standard InChI is InChI=1S/C20H20BrN3O2/c1-12(2)9-10-24-17-8-7-13(21)11-15(17)20(19(24)26)22-16-6-4-3-5-14(16)18(25)23-20/h3-8,11-12,22H,9-10H2,1-2H3,(H,23,25)/t20-/m1/s1. The molecule has 26 heavy (non-hydrogen) atoms. The van der Waals surface area contributed by atoms with E-state index >= 15 is 0 Å². The fraction of sp³-hybridized carbons (Fsp3) is 0.300. The smallest absolute Gasteiger partial charge is 0.278 e. The molecular formula is C20H20BrN3O2. The summed E-state index contributed by atoms with van der Waals surface area (Å²) >= 11 is 3.49. The Kier molecular flexibility index (Phi) is 4.03. The van der Waals surface area contributed by atoms with Crippen LogP contribution in [0.3, 0.4) is 0 Å². The molecule has 0 unspecified atom stereocenters. The lowest BCUT2D eigenvalue weighted by Crippen LogP contribution is -2.60. The van der Waals surface area contributed by atoms with E-state index in [4.69, 9.17) is 0 Å². The number of hydrogen-bond donors (Lipinski definition) is 2. The average molecular weight is 414 g/mol. The zero-order valence-corrected chi connectivity index (χ0v) is 16.3. The van der Waals surface area contributed by atoms with Gasteiger partial charge in [0.05, 0.1) is 11.3 Å². The van der Waals surface area contributed by atoms with Crippen LogP contribution in [0.4, 0.5) is 11.4 Å². The second kappa shape index (κ2) is 6.13. The first-order chi connectivity index (χ1) is 12.4. The number of carbonyl (C=O) groups excluding carboxylic acids is 2. The van der Waals surface area contributed by atoms with Gasteiger partial charge in [-0.1, -0.05) is 41.9 Å². The molecule has 0 saturated carbocycles. The number of nitrogens with one attached hydrogen (secondary N) is 2. The average Bonchev–Trinajstić information content (AvgIpc) is 2.81. The SMILES string of the molecule is CC(C)CCN1C(=O)[C@]2(NC(=O)c3ccccc3N2)c2cc(Br)ccc21. The second-order valence-electron chi connectivity index (χ2n) is 7.18. The van der Waals surface area contributed by atoms with E-state index in [9.17, 15) is 9.59 Å². The molecule has 0 radical (unpaired) electrons. The summed E-state index contributed by atoms with van der Waals surface area (Å²) in [6.45, 7) is 4.89. The zero-order valence-electron chi connectivity index (χ0n) is 14.7. The first-order valence-electron chi connectivity index (χ1n) is 8.74. The maximum absolute atomic E-state index is 13.5. The van der Waals surface area contributed by atoms with Crippen molar-refractivity contribution in [2.75, 3.05) is 16.8 Å². The van der Waals surface area contributed by atoms with Gasteiger partial charge in [0, 0.05) is 22.3 Å². The summed E-state index contributed by atoms with van der Waals surface area (Å²) < 4.78 is 0.865. The normalized spacial score (nSPS) is 20.8. The van der Waals surface area contributed by atoms with E-state index in [0.717, 1.165) is 22.1 Å². The lowest BCUT2D eigenvalue weighted by molar-refractivity contribution is -0.123. The minimum Gasteiger partial charge on any atom is -0.350 e. The third kappa shape index (κ3) is 2.51. The van der Waals surface area contributed by atoms with Crippen molar-refractivity contribution in [3.63, 3.8) is 0 Å². The first-order valence-corrected chi connectivity index (χ1v) is 9.53. The first kappa shape index (κ1) is 17.1. The molecule has 2 amide bonds. The largest absolute Gasteiger partial charge is 0.350 e. The van der Waals surface area contributed by atoms with Gasteiger partial charge in [-0.15, -0.1) is 0 Å². The molecule has 2 aromatic carbocycles. The second-order valence-corrected chi connectivity index (χ2v) is 8.09. The Labute approximate surface area is 160 Å². The minimum atomic E-state index is -1.26. The summed E-state index contributed by atoms with van der Waals surface area (Å²) in [6, 6.07) is 13.0. The van der Waals surface area contributed by atoms with Gasteiger partial charge in [0.25, 0.3) is 11.8 Å². The Morgan fingerprint density at radius 2 is 1.88 bits per heavy atom. The number of anilines is 2. The van der Waals surface area contributed by atoms with Crippen molar-refractivity contribution in [2.24, 2.45) is 5.92 Å². The number of halogens is 1. The zero-order chi connectivity index (χ0) is 18.5. The molecular weight excluding hydrogens is 394 g/mol. The number of para-hydroxylation sites is 1. The molecule has 6 heteroatoms. The van der Waals surface area contributed by atoms with Gasteiger partial charge >= 0.3 is 0 Å². The van der Waals surface area contributed by atoms with Crippen molar-refractivity contribution >= 4 is 39.1 Å². The highest BCUT2D eigenvalue weighted by atomic mass is 79.9. The number of benzene rings is 2. The number of carbonyl (C=O) groups is 2. The number of nitrogens with zero attached hydrogens (tertiary/aromatic N) is 1. The summed E-state index contributed by atoms with van der Waals surface area (Å²) in [6.07, 6.45) is 0.891. The van der Waals surface area contributed by atoms with E-state index in [1.54, 1.807) is 11.0 Å². The highest BCUT2D eigenvalue weighted by Crippen LogP contribution is 2.44. The molecule has 2 aromatic rings. The molecule has 1 atom stereocenters. The molecule has 0 aliphatic carbocycles. The molecule has 0 fully saturated rings. The van der Waals surface area contributed by atoms with Crippen LogP contribution < -0.4 is 15.5 Å². The van der Waals surface area contributed by atoms with Crippen molar-refractivity contribution in [3.05, 3.63) is 58.1 Å². The molecule has 134 valence electrons. The lowest BCUT2D eigenvalue weighted by atomic mass is 9.95. The van der Waals surface area contributed by atoms with Gasteiger partial charge in [0.1, 0.15) is 0 Å². The van der Waals surface area contributed by atoms with E-state index in [-0.39, 0.29) is 11.8 Å². The van der Waals surface area contributed by atoms with Gasteiger partial charge in [-0.05, 0) is 42.7 Å². The predicted octanol–water partition coefficient (Wildman–Crippen LogP) is 3.85. The van der Waals surface area contributed by atoms with E-state index < -0.39 is 5.66 Å². The summed E-state index contributed by atoms with van der Waals surface area (Å²) in [7, 11) is 0. The Morgan fingerprint density at radius 1 is 1.12 bits per heavy atom. The van der Waals surface area contributed by atoms with E-state index in [0.29, 0.717) is 23.7 Å². The van der Waals surface area contributed by atoms with Crippen LogP contribution in [0.15, 0.2) is 46.9 Å². The maximum Gasteiger partial charge on any atom is 0.278 e. The van der Waals surface area contributed by atoms with Gasteiger partial charge in [0.15, 0.2) is 0 Å². The van der Waals surface area contributed by atoms with Crippen molar-refractivity contribution in [3.8, 4) is 0 Å². The molecule has 2 N–H and O–H groups in total. The van der Waals surface area contributed by atoms with Gasteiger partial charge in [0.2, 0.25) is 5.66 Å². The van der Waals surface area contributed by atoms with Gasteiger partial charge in [-0.3, -0.25) is 9.59 Å². The monoisotopic (exact) mass is 413 g/mol. The summed E-state index contributed by atoms with van der Waals surface area (Å²) in [4.78, 5) is 28.0. The maximum atomic E-state index is 13.5. The van der Waals surface area contributed by atoms with Crippen molar-refractivity contribution in [1.82, 2.24) is 5.32 Å². The molecule has 5 nitrogen and oxygen atoms in total. The molecule has 2 aliphatic heterocycles. The Bertz CT molecular complexity index is 912. The topological polar surface area (TPSA) is 61.4 Å². The predicted molar refractivity (Wildman–Crippen MR) is 105 cm³/mol. The van der Waals surface area contributed by atoms with Crippen LogP contribution in [0.1, 0.15) is 36.2 Å². The molecule has 4 rings (SSSR count). The Balaban J connectivity index is 1.83. The van der Waals surface area contributed by atoms with Crippen molar-refractivity contribution < 1.29 is 9.59 Å². The Morgan fingerprint density at radius 3 is 2.65 bits per heavy atom. The van der Waals surface area contributed by atoms with Crippen molar-refractivity contribution in [2.45, 2.75) is 25.9 Å². The Hall–Kier alpha value is -2.34. The molecule has 2 heterocycles. The lowest BCUT2D eigenvalue weighted by Gasteiger charge is -2.36. The van der Waals surface area contributed by atoms with Gasteiger partial charge < -0.3 is 15.5 Å². The third-order valence-electron chi connectivity index (χ3n) is 4.94. The van der Waals surface area contributed by atoms with Crippen LogP contribution in [0, 0.1) is 5.92 Å². The highest BCUT2D eigenvalue weighted by Gasteiger charge is 2.54. The van der Waals surface area contributed by atoms with E-state index in [1.807, 2.05) is 36.4 Å². The van der Waals surface area contributed by atoms with E-state index in [1.165, 1.54) is 0 Å². The summed E-state index contributed by atoms with van der Waals surface area (Å²) in [5, 5.41) is 6.25. The van der Waals surface area contributed by atoms with Crippen LogP contribution in [-0.2, 0) is 10.5 Å². The summed E-state index contributed by atoms with van der Waals surface area (Å²) in [5.41, 5.74) is 1.56. The van der Waals surface area contributed by atoms with Crippen molar-refractivity contribution in [1.29, 1.82) is 0 Å². The van der Waals surface area contributed by atoms with Crippen LogP contribution >= 0.6 is 15.9 Å². The summed E-state index contributed by atoms with van der Waals surface area (Å²) in [5.74, 6) is 0.0892. The fourth-order valence-corrected chi connectivity index (χ4v) is 3.94. The van der Waals surface area contributed by atoms with E-state index in [2.05, 4.69) is 40.4 Å². The molecule has 0 bridgehead atoms. The van der Waals surface area contributed by atoms with Crippen LogP contribution in [0.2, 0.25) is 0 Å². The minimum absolute atomic E-state index is 0.144. The van der Waals surface area contributed by atoms with Gasteiger partial charge in [-0.25, -0.2) is 0 Å². The van der Waals surface area contributed by atoms with Crippen LogP contribution in [0.25, 0.3) is 0 Å². The number of fused-ring (bicyclic) bond motifs is 3. The molecule has 0 aromatic heterocycles. The molecule has 2 aliphatic rings. The molecule has 1 spiro atoms. The molecule has 0 saturated heterocycles.